The molecule has 0 fully saturated rings. The van der Waals surface area contributed by atoms with Crippen LogP contribution in [0.3, 0.4) is 0 Å². The normalized spacial score (nSPS) is 14.8. The fraction of sp³-hybridized carbons (Fsp3) is 0.692. The molecule has 7 heteroatoms. The minimum absolute atomic E-state index is 0.0927. The van der Waals surface area contributed by atoms with E-state index in [4.69, 9.17) is 0 Å². The molecule has 0 aliphatic rings. The second-order valence-corrected chi connectivity index (χ2v) is 6.76. The van der Waals surface area contributed by atoms with Crippen molar-refractivity contribution in [2.24, 2.45) is 5.92 Å². The number of nitrogens with zero attached hydrogens (tertiary/aromatic N) is 2. The topological polar surface area (TPSA) is 84.0 Å². The van der Waals surface area contributed by atoms with Crippen molar-refractivity contribution in [3.05, 3.63) is 12.4 Å². The van der Waals surface area contributed by atoms with Gasteiger partial charge in [0, 0.05) is 12.6 Å². The lowest BCUT2D eigenvalue weighted by Gasteiger charge is -2.17. The number of nitrogens with one attached hydrogen (secondary N) is 2. The molecular formula is C13H24N4O2S. The molecule has 0 saturated carbocycles. The van der Waals surface area contributed by atoms with Crippen LogP contribution in [0.25, 0.3) is 0 Å². The lowest BCUT2D eigenvalue weighted by atomic mass is 10.0. The van der Waals surface area contributed by atoms with Crippen LogP contribution in [0.5, 0.6) is 0 Å². The Hall–Kier alpha value is -1.21. The Morgan fingerprint density at radius 1 is 1.20 bits per heavy atom. The van der Waals surface area contributed by atoms with E-state index < -0.39 is 10.0 Å². The van der Waals surface area contributed by atoms with Crippen molar-refractivity contribution < 1.29 is 8.42 Å². The summed E-state index contributed by atoms with van der Waals surface area (Å²) >= 11 is 0. The molecule has 2 N–H and O–H groups in total. The summed E-state index contributed by atoms with van der Waals surface area (Å²) in [4.78, 5) is 8.05. The van der Waals surface area contributed by atoms with Gasteiger partial charge >= 0.3 is 0 Å². The van der Waals surface area contributed by atoms with Crippen molar-refractivity contribution in [1.82, 2.24) is 14.7 Å². The lowest BCUT2D eigenvalue weighted by Crippen LogP contribution is -2.33. The van der Waals surface area contributed by atoms with Gasteiger partial charge in [-0.05, 0) is 26.2 Å². The smallest absolute Gasteiger partial charge is 0.243 e. The van der Waals surface area contributed by atoms with E-state index in [1.165, 1.54) is 12.4 Å². The molecule has 1 rings (SSSR count). The quantitative estimate of drug-likeness (QED) is 0.767. The van der Waals surface area contributed by atoms with Crippen LogP contribution >= 0.6 is 0 Å². The molecule has 114 valence electrons. The summed E-state index contributed by atoms with van der Waals surface area (Å²) in [5.74, 6) is 0.916. The SMILES string of the molecule is CCNc1ncc(S(=O)(=O)NC(C)CC(C)CC)cn1. The molecule has 1 heterocycles. The van der Waals surface area contributed by atoms with E-state index in [1.807, 2.05) is 13.8 Å². The summed E-state index contributed by atoms with van der Waals surface area (Å²) in [7, 11) is -3.55. The summed E-state index contributed by atoms with van der Waals surface area (Å²) in [6, 6.07) is -0.108. The molecule has 0 aromatic carbocycles. The zero-order chi connectivity index (χ0) is 15.2. The summed E-state index contributed by atoms with van der Waals surface area (Å²) in [5.41, 5.74) is 0. The van der Waals surface area contributed by atoms with Crippen LogP contribution < -0.4 is 10.0 Å². The Bertz CT molecular complexity index is 502. The molecule has 1 aromatic heterocycles. The number of rotatable bonds is 8. The molecule has 20 heavy (non-hydrogen) atoms. The van der Waals surface area contributed by atoms with Gasteiger partial charge in [0.15, 0.2) is 0 Å². The Morgan fingerprint density at radius 3 is 2.30 bits per heavy atom. The zero-order valence-electron chi connectivity index (χ0n) is 12.5. The second kappa shape index (κ2) is 7.54. The Kier molecular flexibility index (Phi) is 6.35. The molecular weight excluding hydrogens is 276 g/mol. The van der Waals surface area contributed by atoms with Crippen LogP contribution in [0.1, 0.15) is 40.5 Å². The Balaban J connectivity index is 2.72. The van der Waals surface area contributed by atoms with Crippen molar-refractivity contribution >= 4 is 16.0 Å². The van der Waals surface area contributed by atoms with Crippen LogP contribution in [0.15, 0.2) is 17.3 Å². The standard InChI is InChI=1S/C13H24N4O2S/c1-5-10(3)7-11(4)17-20(18,19)12-8-15-13(14-6-2)16-9-12/h8-11,17H,5-7H2,1-4H3,(H,14,15,16). The van der Waals surface area contributed by atoms with E-state index in [0.717, 1.165) is 12.8 Å². The molecule has 2 unspecified atom stereocenters. The van der Waals surface area contributed by atoms with Gasteiger partial charge in [-0.25, -0.2) is 23.1 Å². The second-order valence-electron chi connectivity index (χ2n) is 5.04. The minimum atomic E-state index is -3.55. The summed E-state index contributed by atoms with van der Waals surface area (Å²) < 4.78 is 27.0. The highest BCUT2D eigenvalue weighted by Gasteiger charge is 2.19. The van der Waals surface area contributed by atoms with Crippen molar-refractivity contribution in [1.29, 1.82) is 0 Å². The maximum absolute atomic E-state index is 12.2. The fourth-order valence-corrected chi connectivity index (χ4v) is 3.00. The van der Waals surface area contributed by atoms with Gasteiger partial charge in [-0.3, -0.25) is 0 Å². The molecule has 2 atom stereocenters. The van der Waals surface area contributed by atoms with E-state index in [0.29, 0.717) is 18.4 Å². The molecule has 0 saturated heterocycles. The Labute approximate surface area is 121 Å². The van der Waals surface area contributed by atoms with Gasteiger partial charge in [0.05, 0.1) is 12.4 Å². The largest absolute Gasteiger partial charge is 0.355 e. The van der Waals surface area contributed by atoms with Crippen LogP contribution in [-0.2, 0) is 10.0 Å². The lowest BCUT2D eigenvalue weighted by molar-refractivity contribution is 0.445. The van der Waals surface area contributed by atoms with Gasteiger partial charge in [0.1, 0.15) is 4.90 Å². The number of sulfonamides is 1. The monoisotopic (exact) mass is 300 g/mol. The van der Waals surface area contributed by atoms with Crippen LogP contribution in [0.2, 0.25) is 0 Å². The first-order valence-corrected chi connectivity index (χ1v) is 8.45. The van der Waals surface area contributed by atoms with Crippen LogP contribution in [0.4, 0.5) is 5.95 Å². The van der Waals surface area contributed by atoms with Gasteiger partial charge in [0.25, 0.3) is 0 Å². The van der Waals surface area contributed by atoms with E-state index in [9.17, 15) is 8.42 Å². The van der Waals surface area contributed by atoms with Crippen molar-refractivity contribution in [2.45, 2.75) is 51.5 Å². The molecule has 0 spiro atoms. The number of hydrogen-bond acceptors (Lipinski definition) is 5. The van der Waals surface area contributed by atoms with Crippen molar-refractivity contribution in [3.63, 3.8) is 0 Å². The van der Waals surface area contributed by atoms with E-state index in [-0.39, 0.29) is 10.9 Å². The number of aromatic nitrogens is 2. The predicted octanol–water partition coefficient (Wildman–Crippen LogP) is 2.01. The maximum atomic E-state index is 12.2. The molecule has 0 bridgehead atoms. The summed E-state index contributed by atoms with van der Waals surface area (Å²) in [5, 5.41) is 2.92. The molecule has 0 aliphatic carbocycles. The average Bonchev–Trinajstić information content (AvgIpc) is 2.38. The van der Waals surface area contributed by atoms with Gasteiger partial charge in [0.2, 0.25) is 16.0 Å². The van der Waals surface area contributed by atoms with E-state index in [1.54, 1.807) is 0 Å². The van der Waals surface area contributed by atoms with Gasteiger partial charge < -0.3 is 5.32 Å². The fourth-order valence-electron chi connectivity index (χ4n) is 1.86. The Morgan fingerprint density at radius 2 is 1.80 bits per heavy atom. The molecule has 6 nitrogen and oxygen atoms in total. The zero-order valence-corrected chi connectivity index (χ0v) is 13.4. The first kappa shape index (κ1) is 16.8. The first-order chi connectivity index (χ1) is 9.39. The highest BCUT2D eigenvalue weighted by atomic mass is 32.2. The number of anilines is 1. The summed E-state index contributed by atoms with van der Waals surface area (Å²) in [6.07, 6.45) is 4.49. The van der Waals surface area contributed by atoms with E-state index in [2.05, 4.69) is 33.9 Å². The van der Waals surface area contributed by atoms with Gasteiger partial charge in [-0.1, -0.05) is 20.3 Å². The van der Waals surface area contributed by atoms with Crippen LogP contribution in [-0.4, -0.2) is 31.0 Å². The third-order valence-corrected chi connectivity index (χ3v) is 4.63. The number of hydrogen-bond donors (Lipinski definition) is 2. The molecule has 0 aliphatic heterocycles. The van der Waals surface area contributed by atoms with Gasteiger partial charge in [-0.15, -0.1) is 0 Å². The third kappa shape index (κ3) is 5.05. The average molecular weight is 300 g/mol. The predicted molar refractivity (Wildman–Crippen MR) is 80.1 cm³/mol. The third-order valence-electron chi connectivity index (χ3n) is 3.08. The highest BCUT2D eigenvalue weighted by molar-refractivity contribution is 7.89. The van der Waals surface area contributed by atoms with Gasteiger partial charge in [-0.2, -0.15) is 0 Å². The molecule has 0 radical (unpaired) electrons. The molecule has 1 aromatic rings. The van der Waals surface area contributed by atoms with E-state index >= 15 is 0 Å². The minimum Gasteiger partial charge on any atom is -0.355 e. The summed E-state index contributed by atoms with van der Waals surface area (Å²) in [6.45, 7) is 8.69. The molecule has 0 amide bonds. The van der Waals surface area contributed by atoms with Crippen LogP contribution in [0, 0.1) is 5.92 Å². The van der Waals surface area contributed by atoms with Crippen molar-refractivity contribution in [3.8, 4) is 0 Å². The maximum Gasteiger partial charge on any atom is 0.243 e. The highest BCUT2D eigenvalue weighted by Crippen LogP contribution is 2.13. The first-order valence-electron chi connectivity index (χ1n) is 6.97. The van der Waals surface area contributed by atoms with Crippen molar-refractivity contribution in [2.75, 3.05) is 11.9 Å².